The minimum Gasteiger partial charge on any atom is -0.378 e. The van der Waals surface area contributed by atoms with Gasteiger partial charge >= 0.3 is 0 Å². The average Bonchev–Trinajstić information content (AvgIpc) is 2.39. The Balaban J connectivity index is 2.13. The molecule has 18 heavy (non-hydrogen) atoms. The van der Waals surface area contributed by atoms with Crippen LogP contribution >= 0.6 is 0 Å². The van der Waals surface area contributed by atoms with Crippen molar-refractivity contribution in [2.75, 3.05) is 31.2 Å². The zero-order valence-electron chi connectivity index (χ0n) is 9.76. The van der Waals surface area contributed by atoms with Crippen LogP contribution in [0.25, 0.3) is 5.65 Å². The maximum absolute atomic E-state index is 11.9. The summed E-state index contributed by atoms with van der Waals surface area (Å²) in [5.41, 5.74) is 0.242. The molecule has 0 spiro atoms. The van der Waals surface area contributed by atoms with Crippen LogP contribution in [0.1, 0.15) is 0 Å². The Hall–Kier alpha value is -2.08. The summed E-state index contributed by atoms with van der Waals surface area (Å²) in [7, 11) is 0. The second-order valence-corrected chi connectivity index (χ2v) is 4.21. The van der Waals surface area contributed by atoms with Crippen molar-refractivity contribution in [3.05, 3.63) is 45.0 Å². The van der Waals surface area contributed by atoms with Crippen LogP contribution in [0.3, 0.4) is 0 Å². The topological polar surface area (TPSA) is 66.8 Å². The van der Waals surface area contributed by atoms with Crippen LogP contribution in [0, 0.1) is 0 Å². The molecule has 6 heteroatoms. The summed E-state index contributed by atoms with van der Waals surface area (Å²) in [5.74, 6) is 0.730. The smallest absolute Gasteiger partial charge is 0.259 e. The molecule has 3 rings (SSSR count). The van der Waals surface area contributed by atoms with Gasteiger partial charge in [0.25, 0.3) is 5.56 Å². The van der Waals surface area contributed by atoms with Gasteiger partial charge in [-0.15, -0.1) is 0 Å². The number of anilines is 1. The fourth-order valence-corrected chi connectivity index (χ4v) is 2.10. The number of rotatable bonds is 1. The lowest BCUT2D eigenvalue weighted by Crippen LogP contribution is -2.37. The van der Waals surface area contributed by atoms with E-state index in [9.17, 15) is 9.59 Å². The normalized spacial score (nSPS) is 16.1. The Morgan fingerprint density at radius 1 is 1.17 bits per heavy atom. The molecule has 1 aliphatic heterocycles. The van der Waals surface area contributed by atoms with Gasteiger partial charge in [-0.2, -0.15) is 0 Å². The van der Waals surface area contributed by atoms with E-state index in [1.807, 2.05) is 4.90 Å². The minimum atomic E-state index is -0.148. The predicted molar refractivity (Wildman–Crippen MR) is 67.3 cm³/mol. The lowest BCUT2D eigenvalue weighted by Gasteiger charge is -2.28. The highest BCUT2D eigenvalue weighted by Gasteiger charge is 2.13. The standard InChI is InChI=1S/C12H13N3O3/c16-9-1-2-15-11(7-9)13-10(8-12(15)17)14-3-5-18-6-4-14/h1-2,7-8,13H,3-6H2. The summed E-state index contributed by atoms with van der Waals surface area (Å²) < 4.78 is 6.69. The lowest BCUT2D eigenvalue weighted by atomic mass is 10.4. The summed E-state index contributed by atoms with van der Waals surface area (Å²) >= 11 is 0. The lowest BCUT2D eigenvalue weighted by molar-refractivity contribution is 0.122. The second kappa shape index (κ2) is 4.30. The maximum Gasteiger partial charge on any atom is 0.259 e. The molecule has 1 aliphatic rings. The monoisotopic (exact) mass is 247 g/mol. The van der Waals surface area contributed by atoms with Crippen LogP contribution in [-0.2, 0) is 4.74 Å². The van der Waals surface area contributed by atoms with E-state index >= 15 is 0 Å². The molecule has 0 atom stereocenters. The fraction of sp³-hybridized carbons (Fsp3) is 0.333. The highest BCUT2D eigenvalue weighted by atomic mass is 16.5. The molecule has 6 nitrogen and oxygen atoms in total. The Labute approximate surface area is 102 Å². The Morgan fingerprint density at radius 2 is 1.94 bits per heavy atom. The van der Waals surface area contributed by atoms with Crippen molar-refractivity contribution in [3.63, 3.8) is 0 Å². The van der Waals surface area contributed by atoms with Gasteiger partial charge in [0.1, 0.15) is 11.5 Å². The van der Waals surface area contributed by atoms with Crippen molar-refractivity contribution in [2.45, 2.75) is 0 Å². The zero-order chi connectivity index (χ0) is 12.5. The summed E-state index contributed by atoms with van der Waals surface area (Å²) in [6.45, 7) is 2.77. The first-order valence-electron chi connectivity index (χ1n) is 5.82. The zero-order valence-corrected chi connectivity index (χ0v) is 9.76. The first kappa shape index (κ1) is 11.0. The second-order valence-electron chi connectivity index (χ2n) is 4.21. The minimum absolute atomic E-state index is 0.121. The van der Waals surface area contributed by atoms with Gasteiger partial charge in [-0.3, -0.25) is 14.0 Å². The molecule has 1 N–H and O–H groups in total. The molecule has 1 saturated heterocycles. The van der Waals surface area contributed by atoms with Gasteiger partial charge in [0.15, 0.2) is 5.43 Å². The van der Waals surface area contributed by atoms with Crippen molar-refractivity contribution in [2.24, 2.45) is 0 Å². The molecule has 0 amide bonds. The van der Waals surface area contributed by atoms with Crippen LogP contribution in [0.5, 0.6) is 0 Å². The van der Waals surface area contributed by atoms with Gasteiger partial charge in [0.2, 0.25) is 0 Å². The molecule has 0 aliphatic carbocycles. The van der Waals surface area contributed by atoms with Gasteiger partial charge < -0.3 is 14.6 Å². The third-order valence-electron chi connectivity index (χ3n) is 3.03. The molecule has 0 saturated carbocycles. The third-order valence-corrected chi connectivity index (χ3v) is 3.03. The van der Waals surface area contributed by atoms with Crippen LogP contribution in [0.2, 0.25) is 0 Å². The molecule has 2 aromatic rings. The van der Waals surface area contributed by atoms with Crippen molar-refractivity contribution < 1.29 is 4.74 Å². The summed E-state index contributed by atoms with van der Waals surface area (Å²) in [4.78, 5) is 28.4. The number of hydrogen-bond donors (Lipinski definition) is 1. The molecule has 0 unspecified atom stereocenters. The van der Waals surface area contributed by atoms with E-state index < -0.39 is 0 Å². The maximum atomic E-state index is 11.9. The van der Waals surface area contributed by atoms with Gasteiger partial charge in [-0.25, -0.2) is 0 Å². The Bertz CT molecular complexity index is 683. The molecule has 0 aromatic carbocycles. The molecule has 94 valence electrons. The van der Waals surface area contributed by atoms with E-state index in [2.05, 4.69) is 4.98 Å². The molecular formula is C12H13N3O3. The van der Waals surface area contributed by atoms with Crippen molar-refractivity contribution in [1.82, 2.24) is 9.38 Å². The number of aromatic amines is 1. The number of H-pyrrole nitrogens is 1. The number of nitrogens with zero attached hydrogens (tertiary/aromatic N) is 2. The van der Waals surface area contributed by atoms with Crippen LogP contribution in [0.15, 0.2) is 34.0 Å². The van der Waals surface area contributed by atoms with E-state index in [-0.39, 0.29) is 11.0 Å². The van der Waals surface area contributed by atoms with E-state index in [4.69, 9.17) is 4.74 Å². The number of ether oxygens (including phenoxy) is 1. The average molecular weight is 247 g/mol. The molecule has 1 fully saturated rings. The number of aromatic nitrogens is 2. The predicted octanol–water partition coefficient (Wildman–Crippen LogP) is -0.176. The molecular weight excluding hydrogens is 234 g/mol. The number of hydrogen-bond acceptors (Lipinski definition) is 4. The molecule has 0 bridgehead atoms. The van der Waals surface area contributed by atoms with Crippen LogP contribution in [-0.4, -0.2) is 35.7 Å². The van der Waals surface area contributed by atoms with Gasteiger partial charge in [0.05, 0.1) is 13.2 Å². The van der Waals surface area contributed by atoms with Crippen LogP contribution < -0.4 is 15.9 Å². The molecule has 0 radical (unpaired) electrons. The quantitative estimate of drug-likeness (QED) is 0.759. The van der Waals surface area contributed by atoms with Crippen LogP contribution in [0.4, 0.5) is 5.82 Å². The first-order chi connectivity index (χ1) is 8.74. The van der Waals surface area contributed by atoms with E-state index in [1.165, 1.54) is 22.7 Å². The number of nitrogens with one attached hydrogen (secondary N) is 1. The highest BCUT2D eigenvalue weighted by molar-refractivity contribution is 5.48. The Kier molecular flexibility index (Phi) is 2.64. The van der Waals surface area contributed by atoms with Crippen molar-refractivity contribution in [3.8, 4) is 0 Å². The largest absolute Gasteiger partial charge is 0.378 e. The first-order valence-corrected chi connectivity index (χ1v) is 5.82. The SMILES string of the molecule is O=c1ccn2c(=O)cc(N3CCOCC3)[nH]c2c1. The van der Waals surface area contributed by atoms with Crippen molar-refractivity contribution >= 4 is 11.5 Å². The number of pyridine rings is 1. The van der Waals surface area contributed by atoms with Gasteiger partial charge in [-0.05, 0) is 0 Å². The van der Waals surface area contributed by atoms with E-state index in [1.54, 1.807) is 6.07 Å². The van der Waals surface area contributed by atoms with E-state index in [0.717, 1.165) is 18.9 Å². The molecule has 3 heterocycles. The van der Waals surface area contributed by atoms with E-state index in [0.29, 0.717) is 18.9 Å². The van der Waals surface area contributed by atoms with Gasteiger partial charge in [-0.1, -0.05) is 0 Å². The fourth-order valence-electron chi connectivity index (χ4n) is 2.10. The summed E-state index contributed by atoms with van der Waals surface area (Å²) in [5, 5.41) is 0. The number of morpholine rings is 1. The van der Waals surface area contributed by atoms with Gasteiger partial charge in [0, 0.05) is 37.5 Å². The third kappa shape index (κ3) is 1.91. The summed E-state index contributed by atoms with van der Waals surface area (Å²) in [6, 6.07) is 4.34. The Morgan fingerprint density at radius 3 is 2.72 bits per heavy atom. The highest BCUT2D eigenvalue weighted by Crippen LogP contribution is 2.10. The number of fused-ring (bicyclic) bond motifs is 1. The summed E-state index contributed by atoms with van der Waals surface area (Å²) in [6.07, 6.45) is 1.49. The molecule has 2 aromatic heterocycles. The van der Waals surface area contributed by atoms with Crippen molar-refractivity contribution in [1.29, 1.82) is 0 Å².